The van der Waals surface area contributed by atoms with Crippen LogP contribution in [0.25, 0.3) is 0 Å². The highest BCUT2D eigenvalue weighted by Gasteiger charge is 2.14. The predicted octanol–water partition coefficient (Wildman–Crippen LogP) is 4.09. The molecule has 3 rings (SSSR count). The Balaban J connectivity index is 1.72. The van der Waals surface area contributed by atoms with Crippen molar-refractivity contribution in [1.29, 1.82) is 0 Å². The van der Waals surface area contributed by atoms with Gasteiger partial charge in [-0.1, -0.05) is 12.1 Å². The molecule has 3 aromatic rings. The third kappa shape index (κ3) is 4.14. The minimum absolute atomic E-state index is 0.0278. The summed E-state index contributed by atoms with van der Waals surface area (Å²) < 4.78 is 39.9. The molecule has 0 aliphatic heterocycles. The van der Waals surface area contributed by atoms with Crippen LogP contribution in [0.3, 0.4) is 0 Å². The van der Waals surface area contributed by atoms with Crippen molar-refractivity contribution < 1.29 is 22.8 Å². The minimum Gasteiger partial charge on any atom is -0.336 e. The van der Waals surface area contributed by atoms with E-state index in [-0.39, 0.29) is 23.0 Å². The van der Waals surface area contributed by atoms with Crippen LogP contribution >= 0.6 is 0 Å². The molecule has 0 saturated heterocycles. The third-order valence-corrected chi connectivity index (χ3v) is 3.71. The van der Waals surface area contributed by atoms with E-state index in [1.165, 1.54) is 13.0 Å². The van der Waals surface area contributed by atoms with Crippen LogP contribution < -0.4 is 10.6 Å². The second kappa shape index (κ2) is 7.87. The average Bonchev–Trinajstić information content (AvgIpc) is 2.69. The summed E-state index contributed by atoms with van der Waals surface area (Å²) in [7, 11) is 0. The van der Waals surface area contributed by atoms with Crippen LogP contribution in [0, 0.1) is 17.5 Å². The van der Waals surface area contributed by atoms with Crippen molar-refractivity contribution in [2.24, 2.45) is 0 Å². The van der Waals surface area contributed by atoms with Crippen molar-refractivity contribution >= 4 is 28.9 Å². The lowest BCUT2D eigenvalue weighted by Gasteiger charge is -2.08. The molecule has 0 spiro atoms. The van der Waals surface area contributed by atoms with Crippen LogP contribution in [0.5, 0.6) is 0 Å². The molecule has 0 aliphatic rings. The lowest BCUT2D eigenvalue weighted by atomic mass is 10.1. The number of rotatable bonds is 5. The maximum absolute atomic E-state index is 13.7. The number of Topliss-reactive ketones (excluding diaryl/α,β-unsaturated/α-hetero) is 1. The summed E-state index contributed by atoms with van der Waals surface area (Å²) in [5.41, 5.74) is 0.485. The normalized spacial score (nSPS) is 10.4. The van der Waals surface area contributed by atoms with E-state index >= 15 is 0 Å². The summed E-state index contributed by atoms with van der Waals surface area (Å²) in [6.07, 6.45) is 2.27. The summed E-state index contributed by atoms with van der Waals surface area (Å²) in [5, 5.41) is 5.03. The predicted molar refractivity (Wildman–Crippen MR) is 96.0 cm³/mol. The van der Waals surface area contributed by atoms with Crippen molar-refractivity contribution in [2.75, 3.05) is 10.6 Å². The number of ketones is 1. The molecule has 142 valence electrons. The number of anilines is 3. The highest BCUT2D eigenvalue weighted by atomic mass is 19.2. The Morgan fingerprint density at radius 3 is 2.43 bits per heavy atom. The van der Waals surface area contributed by atoms with Crippen LogP contribution in [-0.4, -0.2) is 21.7 Å². The van der Waals surface area contributed by atoms with Gasteiger partial charge in [0.2, 0.25) is 0 Å². The first-order valence-electron chi connectivity index (χ1n) is 8.00. The molecule has 2 N–H and O–H groups in total. The SMILES string of the molecule is CC(=O)c1cccc(NC(=O)c2cnc(Nc3ccc(F)c(F)c3F)cn2)c1. The van der Waals surface area contributed by atoms with E-state index in [1.807, 2.05) is 0 Å². The second-order valence-electron chi connectivity index (χ2n) is 5.73. The van der Waals surface area contributed by atoms with E-state index in [1.54, 1.807) is 18.2 Å². The fourth-order valence-corrected chi connectivity index (χ4v) is 2.28. The Labute approximate surface area is 157 Å². The number of carbonyl (C=O) groups is 2. The summed E-state index contributed by atoms with van der Waals surface area (Å²) in [6, 6.07) is 8.16. The third-order valence-electron chi connectivity index (χ3n) is 3.71. The zero-order valence-electron chi connectivity index (χ0n) is 14.5. The Bertz CT molecular complexity index is 1060. The Hall–Kier alpha value is -3.75. The summed E-state index contributed by atoms with van der Waals surface area (Å²) in [4.78, 5) is 31.4. The molecule has 0 fully saturated rings. The van der Waals surface area contributed by atoms with Crippen molar-refractivity contribution in [3.63, 3.8) is 0 Å². The van der Waals surface area contributed by atoms with Gasteiger partial charge in [-0.2, -0.15) is 0 Å². The maximum atomic E-state index is 13.7. The number of hydrogen-bond donors (Lipinski definition) is 2. The number of hydrogen-bond acceptors (Lipinski definition) is 5. The van der Waals surface area contributed by atoms with Gasteiger partial charge >= 0.3 is 0 Å². The number of nitrogens with one attached hydrogen (secondary N) is 2. The first kappa shape index (κ1) is 19.0. The van der Waals surface area contributed by atoms with Gasteiger partial charge in [-0.25, -0.2) is 23.1 Å². The van der Waals surface area contributed by atoms with Gasteiger partial charge in [0.15, 0.2) is 23.2 Å². The van der Waals surface area contributed by atoms with E-state index in [9.17, 15) is 22.8 Å². The molecule has 0 bridgehead atoms. The highest BCUT2D eigenvalue weighted by molar-refractivity contribution is 6.03. The van der Waals surface area contributed by atoms with E-state index in [2.05, 4.69) is 20.6 Å². The number of nitrogens with zero attached hydrogens (tertiary/aromatic N) is 2. The quantitative estimate of drug-likeness (QED) is 0.510. The standard InChI is InChI=1S/C19H13F3N4O2/c1-10(27)11-3-2-4-12(7-11)25-19(28)15-8-24-16(9-23-15)26-14-6-5-13(20)17(21)18(14)22/h2-9H,1H3,(H,24,26)(H,25,28). The first-order valence-corrected chi connectivity index (χ1v) is 8.00. The van der Waals surface area contributed by atoms with Gasteiger partial charge in [0.05, 0.1) is 18.1 Å². The first-order chi connectivity index (χ1) is 13.3. The van der Waals surface area contributed by atoms with E-state index in [0.29, 0.717) is 11.3 Å². The lowest BCUT2D eigenvalue weighted by Crippen LogP contribution is -2.14. The second-order valence-corrected chi connectivity index (χ2v) is 5.73. The fraction of sp³-hybridized carbons (Fsp3) is 0.0526. The number of halogens is 3. The molecule has 0 unspecified atom stereocenters. The molecule has 0 aliphatic carbocycles. The summed E-state index contributed by atoms with van der Waals surface area (Å²) >= 11 is 0. The number of aromatic nitrogens is 2. The van der Waals surface area contributed by atoms with Gasteiger partial charge in [0.1, 0.15) is 11.5 Å². The molecule has 0 radical (unpaired) electrons. The van der Waals surface area contributed by atoms with E-state index in [0.717, 1.165) is 24.5 Å². The van der Waals surface area contributed by atoms with E-state index in [4.69, 9.17) is 0 Å². The van der Waals surface area contributed by atoms with Crippen molar-refractivity contribution in [2.45, 2.75) is 6.92 Å². The lowest BCUT2D eigenvalue weighted by molar-refractivity contribution is 0.100. The Kier molecular flexibility index (Phi) is 5.35. The topological polar surface area (TPSA) is 84.0 Å². The van der Waals surface area contributed by atoms with Gasteiger partial charge < -0.3 is 10.6 Å². The molecule has 0 atom stereocenters. The largest absolute Gasteiger partial charge is 0.336 e. The Morgan fingerprint density at radius 2 is 1.75 bits per heavy atom. The molecule has 1 heterocycles. The zero-order chi connectivity index (χ0) is 20.3. The van der Waals surface area contributed by atoms with Crippen LogP contribution in [0.2, 0.25) is 0 Å². The fourth-order valence-electron chi connectivity index (χ4n) is 2.28. The van der Waals surface area contributed by atoms with Crippen LogP contribution in [0.4, 0.5) is 30.4 Å². The number of benzene rings is 2. The molecule has 2 aromatic carbocycles. The van der Waals surface area contributed by atoms with Crippen molar-refractivity contribution in [3.05, 3.63) is 77.5 Å². The van der Waals surface area contributed by atoms with Gasteiger partial charge in [-0.3, -0.25) is 9.59 Å². The van der Waals surface area contributed by atoms with Crippen LogP contribution in [0.1, 0.15) is 27.8 Å². The zero-order valence-corrected chi connectivity index (χ0v) is 14.5. The van der Waals surface area contributed by atoms with Gasteiger partial charge in [-0.05, 0) is 31.2 Å². The molecule has 28 heavy (non-hydrogen) atoms. The monoisotopic (exact) mass is 386 g/mol. The molecule has 6 nitrogen and oxygen atoms in total. The molecular formula is C19H13F3N4O2. The molecule has 1 amide bonds. The number of amides is 1. The highest BCUT2D eigenvalue weighted by Crippen LogP contribution is 2.22. The van der Waals surface area contributed by atoms with Gasteiger partial charge in [0, 0.05) is 11.3 Å². The average molecular weight is 386 g/mol. The smallest absolute Gasteiger partial charge is 0.275 e. The van der Waals surface area contributed by atoms with Crippen LogP contribution in [-0.2, 0) is 0 Å². The minimum atomic E-state index is -1.61. The maximum Gasteiger partial charge on any atom is 0.275 e. The van der Waals surface area contributed by atoms with Gasteiger partial charge in [0.25, 0.3) is 5.91 Å². The summed E-state index contributed by atoms with van der Waals surface area (Å²) in [6.45, 7) is 1.41. The van der Waals surface area contributed by atoms with Gasteiger partial charge in [-0.15, -0.1) is 0 Å². The number of carbonyl (C=O) groups excluding carboxylic acids is 2. The van der Waals surface area contributed by atoms with Crippen molar-refractivity contribution in [3.8, 4) is 0 Å². The molecular weight excluding hydrogens is 373 g/mol. The molecule has 0 saturated carbocycles. The molecule has 1 aromatic heterocycles. The van der Waals surface area contributed by atoms with Crippen molar-refractivity contribution in [1.82, 2.24) is 9.97 Å². The summed E-state index contributed by atoms with van der Waals surface area (Å²) in [5.74, 6) is -5.00. The van der Waals surface area contributed by atoms with Crippen LogP contribution in [0.15, 0.2) is 48.8 Å². The Morgan fingerprint density at radius 1 is 0.964 bits per heavy atom. The molecule has 9 heteroatoms. The van der Waals surface area contributed by atoms with E-state index < -0.39 is 23.4 Å².